The topological polar surface area (TPSA) is 66.6 Å². The maximum atomic E-state index is 12.1. The number of benzene rings is 1. The minimum atomic E-state index is -3.35. The summed E-state index contributed by atoms with van der Waals surface area (Å²) in [4.78, 5) is 2.75. The Labute approximate surface area is 127 Å². The van der Waals surface area contributed by atoms with Gasteiger partial charge in [-0.2, -0.15) is 0 Å². The van der Waals surface area contributed by atoms with Gasteiger partial charge in [0, 0.05) is 26.7 Å². The zero-order valence-corrected chi connectivity index (χ0v) is 13.8. The van der Waals surface area contributed by atoms with Gasteiger partial charge in [-0.05, 0) is 50.0 Å². The average Bonchev–Trinajstić information content (AvgIpc) is 2.95. The Hall–Kier alpha value is -0.950. The summed E-state index contributed by atoms with van der Waals surface area (Å²) < 4.78 is 25.3. The lowest BCUT2D eigenvalue weighted by Crippen LogP contribution is -2.26. The van der Waals surface area contributed by atoms with Gasteiger partial charge in [-0.3, -0.25) is 4.90 Å². The van der Waals surface area contributed by atoms with Crippen molar-refractivity contribution in [3.63, 3.8) is 0 Å². The summed E-state index contributed by atoms with van der Waals surface area (Å²) in [5.74, 6) is 0.584. The van der Waals surface area contributed by atoms with Crippen molar-refractivity contribution in [1.82, 2.24) is 9.21 Å². The van der Waals surface area contributed by atoms with Crippen LogP contribution in [-0.2, 0) is 10.0 Å². The zero-order valence-electron chi connectivity index (χ0n) is 13.0. The molecule has 21 heavy (non-hydrogen) atoms. The van der Waals surface area contributed by atoms with E-state index in [0.29, 0.717) is 10.8 Å². The van der Waals surface area contributed by atoms with E-state index in [1.54, 1.807) is 26.2 Å². The number of sulfonamides is 1. The van der Waals surface area contributed by atoms with E-state index in [1.165, 1.54) is 4.31 Å². The normalized spacial score (nSPS) is 21.9. The molecule has 2 rings (SSSR count). The number of hydrogen-bond donors (Lipinski definition) is 1. The summed E-state index contributed by atoms with van der Waals surface area (Å²) in [5.41, 5.74) is 6.88. The molecule has 1 aromatic rings. The van der Waals surface area contributed by atoms with Crippen LogP contribution >= 0.6 is 0 Å². The van der Waals surface area contributed by atoms with Crippen LogP contribution < -0.4 is 5.73 Å². The van der Waals surface area contributed by atoms with Crippen molar-refractivity contribution >= 4 is 10.0 Å². The third kappa shape index (κ3) is 3.45. The van der Waals surface area contributed by atoms with E-state index in [4.69, 9.17) is 5.73 Å². The minimum Gasteiger partial charge on any atom is -0.330 e. The standard InChI is InChI=1S/C15H25N3O2S/c1-12(18-9-8-13(10-16)11-18)14-4-6-15(7-5-14)21(19,20)17(2)3/h4-7,12-13H,8-11,16H2,1-3H3. The largest absolute Gasteiger partial charge is 0.330 e. The van der Waals surface area contributed by atoms with Crippen LogP contribution in [0.5, 0.6) is 0 Å². The molecule has 1 saturated heterocycles. The highest BCUT2D eigenvalue weighted by Crippen LogP contribution is 2.27. The lowest BCUT2D eigenvalue weighted by Gasteiger charge is -2.25. The van der Waals surface area contributed by atoms with E-state index in [0.717, 1.165) is 31.6 Å². The third-order valence-electron chi connectivity index (χ3n) is 4.34. The van der Waals surface area contributed by atoms with Gasteiger partial charge < -0.3 is 5.73 Å². The lowest BCUT2D eigenvalue weighted by molar-refractivity contribution is 0.253. The molecule has 5 nitrogen and oxygen atoms in total. The second-order valence-electron chi connectivity index (χ2n) is 5.92. The third-order valence-corrected chi connectivity index (χ3v) is 6.17. The molecule has 1 aromatic carbocycles. The lowest BCUT2D eigenvalue weighted by atomic mass is 10.1. The summed E-state index contributed by atoms with van der Waals surface area (Å²) in [6.45, 7) is 4.98. The molecule has 0 saturated carbocycles. The van der Waals surface area contributed by atoms with Crippen LogP contribution in [-0.4, -0.2) is 51.4 Å². The first-order valence-electron chi connectivity index (χ1n) is 7.33. The molecule has 1 aliphatic heterocycles. The van der Waals surface area contributed by atoms with Gasteiger partial charge in [0.15, 0.2) is 0 Å². The summed E-state index contributed by atoms with van der Waals surface area (Å²) in [7, 11) is -0.259. The first kappa shape index (κ1) is 16.4. The Morgan fingerprint density at radius 2 is 1.95 bits per heavy atom. The molecule has 0 spiro atoms. The first-order valence-corrected chi connectivity index (χ1v) is 8.77. The Morgan fingerprint density at radius 3 is 2.43 bits per heavy atom. The van der Waals surface area contributed by atoms with Crippen LogP contribution in [0.3, 0.4) is 0 Å². The second-order valence-corrected chi connectivity index (χ2v) is 8.07. The van der Waals surface area contributed by atoms with Crippen molar-refractivity contribution in [2.45, 2.75) is 24.3 Å². The highest BCUT2D eigenvalue weighted by molar-refractivity contribution is 7.89. The fourth-order valence-electron chi connectivity index (χ4n) is 2.75. The zero-order chi connectivity index (χ0) is 15.6. The van der Waals surface area contributed by atoms with Gasteiger partial charge in [-0.25, -0.2) is 12.7 Å². The minimum absolute atomic E-state index is 0.290. The molecule has 2 atom stereocenters. The van der Waals surface area contributed by atoms with Gasteiger partial charge in [-0.15, -0.1) is 0 Å². The van der Waals surface area contributed by atoms with Gasteiger partial charge in [0.25, 0.3) is 0 Å². The van der Waals surface area contributed by atoms with E-state index in [9.17, 15) is 8.42 Å². The summed E-state index contributed by atoms with van der Waals surface area (Å²) in [6, 6.07) is 7.50. The highest BCUT2D eigenvalue weighted by atomic mass is 32.2. The molecule has 1 aliphatic rings. The van der Waals surface area contributed by atoms with Crippen molar-refractivity contribution in [3.8, 4) is 0 Å². The molecule has 0 radical (unpaired) electrons. The maximum Gasteiger partial charge on any atom is 0.242 e. The van der Waals surface area contributed by atoms with Crippen LogP contribution in [0, 0.1) is 5.92 Å². The van der Waals surface area contributed by atoms with E-state index in [2.05, 4.69) is 11.8 Å². The van der Waals surface area contributed by atoms with Gasteiger partial charge in [-0.1, -0.05) is 12.1 Å². The van der Waals surface area contributed by atoms with Crippen molar-refractivity contribution in [2.75, 3.05) is 33.7 Å². The number of hydrogen-bond acceptors (Lipinski definition) is 4. The molecule has 2 unspecified atom stereocenters. The summed E-state index contributed by atoms with van der Waals surface area (Å²) in [6.07, 6.45) is 1.15. The molecule has 0 aromatic heterocycles. The molecule has 1 fully saturated rings. The van der Waals surface area contributed by atoms with E-state index < -0.39 is 10.0 Å². The SMILES string of the molecule is CC(c1ccc(S(=O)(=O)N(C)C)cc1)N1CCC(CN)C1. The molecule has 6 heteroatoms. The number of rotatable bonds is 5. The fourth-order valence-corrected chi connectivity index (χ4v) is 3.65. The second kappa shape index (κ2) is 6.44. The first-order chi connectivity index (χ1) is 9.86. The Bertz CT molecular complexity index is 569. The molecule has 0 amide bonds. The summed E-state index contributed by atoms with van der Waals surface area (Å²) in [5, 5.41) is 0. The van der Waals surface area contributed by atoms with Crippen molar-refractivity contribution in [1.29, 1.82) is 0 Å². The summed E-state index contributed by atoms with van der Waals surface area (Å²) >= 11 is 0. The fraction of sp³-hybridized carbons (Fsp3) is 0.600. The van der Waals surface area contributed by atoms with Gasteiger partial charge in [0.2, 0.25) is 10.0 Å². The van der Waals surface area contributed by atoms with Crippen LogP contribution in [0.25, 0.3) is 0 Å². The van der Waals surface area contributed by atoms with E-state index >= 15 is 0 Å². The monoisotopic (exact) mass is 311 g/mol. The molecule has 0 bridgehead atoms. The molecule has 0 aliphatic carbocycles. The molecular formula is C15H25N3O2S. The van der Waals surface area contributed by atoms with Gasteiger partial charge >= 0.3 is 0 Å². The number of likely N-dealkylation sites (tertiary alicyclic amines) is 1. The molecule has 2 N–H and O–H groups in total. The average molecular weight is 311 g/mol. The Kier molecular flexibility index (Phi) is 5.03. The van der Waals surface area contributed by atoms with Crippen molar-refractivity contribution in [2.24, 2.45) is 11.7 Å². The molecule has 1 heterocycles. The number of nitrogens with zero attached hydrogens (tertiary/aromatic N) is 2. The van der Waals surface area contributed by atoms with Crippen molar-refractivity contribution in [3.05, 3.63) is 29.8 Å². The maximum absolute atomic E-state index is 12.1. The van der Waals surface area contributed by atoms with E-state index in [-0.39, 0.29) is 6.04 Å². The van der Waals surface area contributed by atoms with E-state index in [1.807, 2.05) is 12.1 Å². The Morgan fingerprint density at radius 1 is 1.33 bits per heavy atom. The Balaban J connectivity index is 2.12. The van der Waals surface area contributed by atoms with Crippen LogP contribution in [0.15, 0.2) is 29.2 Å². The van der Waals surface area contributed by atoms with Crippen molar-refractivity contribution < 1.29 is 8.42 Å². The smallest absolute Gasteiger partial charge is 0.242 e. The number of nitrogens with two attached hydrogens (primary N) is 1. The molecular weight excluding hydrogens is 286 g/mol. The predicted molar refractivity (Wildman–Crippen MR) is 84.5 cm³/mol. The quantitative estimate of drug-likeness (QED) is 0.889. The molecule has 118 valence electrons. The van der Waals surface area contributed by atoms with Gasteiger partial charge in [0.05, 0.1) is 4.90 Å². The highest BCUT2D eigenvalue weighted by Gasteiger charge is 2.26. The predicted octanol–water partition coefficient (Wildman–Crippen LogP) is 1.28. The van der Waals surface area contributed by atoms with Crippen LogP contribution in [0.1, 0.15) is 24.9 Å². The van der Waals surface area contributed by atoms with Gasteiger partial charge in [0.1, 0.15) is 0 Å². The van der Waals surface area contributed by atoms with Crippen LogP contribution in [0.2, 0.25) is 0 Å². The van der Waals surface area contributed by atoms with Crippen LogP contribution in [0.4, 0.5) is 0 Å².